The van der Waals surface area contributed by atoms with E-state index in [0.717, 1.165) is 51.7 Å². The molecule has 2 N–H and O–H groups in total. The minimum atomic E-state index is -1.44. The summed E-state index contributed by atoms with van der Waals surface area (Å²) in [5, 5.41) is 34.5. The summed E-state index contributed by atoms with van der Waals surface area (Å²) >= 11 is 19.1. The van der Waals surface area contributed by atoms with E-state index < -0.39 is 7.12 Å². The topological polar surface area (TPSA) is 40.5 Å². The van der Waals surface area contributed by atoms with Crippen LogP contribution in [0.2, 0.25) is 10.0 Å². The van der Waals surface area contributed by atoms with E-state index in [4.69, 9.17) is 23.2 Å². The summed E-state index contributed by atoms with van der Waals surface area (Å²) in [6, 6.07) is 68.8. The van der Waals surface area contributed by atoms with Gasteiger partial charge in [-0.05, 0) is 141 Å². The zero-order valence-corrected chi connectivity index (χ0v) is 37.2. The number of fused-ring (bicyclic) bond motifs is 9. The van der Waals surface area contributed by atoms with Crippen molar-refractivity contribution in [1.82, 2.24) is 0 Å². The molecule has 0 aliphatic rings. The molecule has 0 unspecified atom stereocenters. The zero-order chi connectivity index (χ0) is 42.0. The molecule has 11 rings (SSSR count). The fourth-order valence-electron chi connectivity index (χ4n) is 8.30. The van der Waals surface area contributed by atoms with Gasteiger partial charge in [0.05, 0.1) is 0 Å². The minimum Gasteiger partial charge on any atom is -0.423 e. The fraction of sp³-hybridized carbons (Fsp3) is 0. The van der Waals surface area contributed by atoms with Gasteiger partial charge in [-0.1, -0.05) is 207 Å². The summed E-state index contributed by atoms with van der Waals surface area (Å²) in [5.41, 5.74) is 5.22. The molecule has 0 heterocycles. The Morgan fingerprint density at radius 3 is 1.07 bits per heavy atom. The van der Waals surface area contributed by atoms with Gasteiger partial charge in [-0.2, -0.15) is 0 Å². The second kappa shape index (κ2) is 17.8. The van der Waals surface area contributed by atoms with Crippen LogP contribution >= 0.6 is 55.1 Å². The maximum Gasteiger partial charge on any atom is 0.489 e. The van der Waals surface area contributed by atoms with E-state index in [1.165, 1.54) is 54.2 Å². The van der Waals surface area contributed by atoms with Crippen molar-refractivity contribution in [3.63, 3.8) is 0 Å². The lowest BCUT2D eigenvalue weighted by molar-refractivity contribution is 0.426. The van der Waals surface area contributed by atoms with Gasteiger partial charge < -0.3 is 10.0 Å². The first-order valence-electron chi connectivity index (χ1n) is 19.7. The predicted octanol–water partition coefficient (Wildman–Crippen LogP) is 15.8. The van der Waals surface area contributed by atoms with Crippen molar-refractivity contribution in [2.75, 3.05) is 0 Å². The molecule has 0 amide bonds. The maximum absolute atomic E-state index is 9.44. The van der Waals surface area contributed by atoms with Crippen molar-refractivity contribution in [2.45, 2.75) is 0 Å². The molecule has 0 spiro atoms. The van der Waals surface area contributed by atoms with E-state index in [0.29, 0.717) is 5.46 Å². The summed E-state index contributed by atoms with van der Waals surface area (Å²) in [6.45, 7) is 0. The maximum atomic E-state index is 9.44. The van der Waals surface area contributed by atoms with Crippen molar-refractivity contribution in [1.29, 1.82) is 0 Å². The summed E-state index contributed by atoms with van der Waals surface area (Å²) in [4.78, 5) is 0. The van der Waals surface area contributed by atoms with Gasteiger partial charge in [-0.25, -0.2) is 0 Å². The molecule has 0 radical (unpaired) electrons. The van der Waals surface area contributed by atoms with Crippen LogP contribution in [0.5, 0.6) is 0 Å². The number of halogens is 4. The molecule has 0 aromatic heterocycles. The molecule has 0 bridgehead atoms. The van der Waals surface area contributed by atoms with Crippen LogP contribution < -0.4 is 5.46 Å². The van der Waals surface area contributed by atoms with Gasteiger partial charge in [0.15, 0.2) is 0 Å². The molecule has 7 heteroatoms. The number of rotatable bonds is 3. The normalized spacial score (nSPS) is 11.1. The molecule has 0 aliphatic heterocycles. The Balaban J connectivity index is 0.000000151. The SMILES string of the molecule is Clc1cc(-c2cc3ccccc3c3ccccc23)cc(-c2cc3ccccc3c3ccccc23)c1.Clc1cc(Br)cc(Br)c1.OB(O)c1cc2ccccc2c2ccccc12. The third-order valence-corrected chi connectivity index (χ3v) is 12.3. The summed E-state index contributed by atoms with van der Waals surface area (Å²) < 4.78 is 1.98. The molecular weight excluding hydrogens is 922 g/mol. The Morgan fingerprint density at radius 1 is 0.328 bits per heavy atom. The van der Waals surface area contributed by atoms with Crippen LogP contribution in [0.25, 0.3) is 86.9 Å². The van der Waals surface area contributed by atoms with E-state index in [-0.39, 0.29) is 0 Å². The number of benzene rings is 11. The number of hydrogen-bond acceptors (Lipinski definition) is 2. The Labute approximate surface area is 381 Å². The molecule has 61 heavy (non-hydrogen) atoms. The Kier molecular flexibility index (Phi) is 12.0. The molecule has 0 saturated heterocycles. The third kappa shape index (κ3) is 8.56. The number of hydrogen-bond donors (Lipinski definition) is 2. The van der Waals surface area contributed by atoms with Gasteiger partial charge in [0.1, 0.15) is 0 Å². The van der Waals surface area contributed by atoms with Crippen LogP contribution in [0.1, 0.15) is 0 Å². The second-order valence-electron chi connectivity index (χ2n) is 14.8. The van der Waals surface area contributed by atoms with E-state index >= 15 is 0 Å². The average Bonchev–Trinajstić information content (AvgIpc) is 3.28. The molecule has 11 aromatic rings. The Bertz CT molecular complexity index is 3240. The van der Waals surface area contributed by atoms with Crippen molar-refractivity contribution in [3.8, 4) is 22.3 Å². The highest BCUT2D eigenvalue weighted by Gasteiger charge is 2.17. The monoisotopic (exact) mass is 954 g/mol. The average molecular weight is 957 g/mol. The minimum absolute atomic E-state index is 0.555. The van der Waals surface area contributed by atoms with Crippen molar-refractivity contribution >= 4 is 132 Å². The molecule has 0 fully saturated rings. The quantitative estimate of drug-likeness (QED) is 0.137. The highest BCUT2D eigenvalue weighted by atomic mass is 79.9. The predicted molar refractivity (Wildman–Crippen MR) is 270 cm³/mol. The van der Waals surface area contributed by atoms with Crippen molar-refractivity contribution in [2.24, 2.45) is 0 Å². The van der Waals surface area contributed by atoms with E-state index in [2.05, 4.69) is 159 Å². The Hall–Kier alpha value is -5.50. The van der Waals surface area contributed by atoms with Gasteiger partial charge in [0, 0.05) is 19.0 Å². The smallest absolute Gasteiger partial charge is 0.423 e. The lowest BCUT2D eigenvalue weighted by Crippen LogP contribution is -2.30. The molecule has 0 atom stereocenters. The standard InChI is InChI=1S/C34H21Cl.C14H11BO2.C6H3Br2Cl/c35-26-18-24(33-20-22-9-1-3-11-27(22)29-13-5-7-15-31(29)33)17-25(19-26)34-21-23-10-2-4-12-28(23)30-14-6-8-16-32(30)34;16-15(17)14-9-10-5-1-2-6-11(10)12-7-3-4-8-13(12)14;7-4-1-5(8)3-6(9)2-4/h1-21H;1-9,16-17H;1-3H. The zero-order valence-electron chi connectivity index (χ0n) is 32.5. The summed E-state index contributed by atoms with van der Waals surface area (Å²) in [7, 11) is -1.44. The van der Waals surface area contributed by atoms with Crippen LogP contribution in [0.15, 0.2) is 209 Å². The largest absolute Gasteiger partial charge is 0.489 e. The van der Waals surface area contributed by atoms with Crippen LogP contribution in [0.4, 0.5) is 0 Å². The first-order chi connectivity index (χ1) is 29.7. The van der Waals surface area contributed by atoms with Crippen molar-refractivity contribution in [3.05, 3.63) is 219 Å². The molecule has 11 aromatic carbocycles. The van der Waals surface area contributed by atoms with Gasteiger partial charge in [-0.15, -0.1) is 0 Å². The molecular formula is C54H35BBr2Cl2O2. The van der Waals surface area contributed by atoms with Crippen LogP contribution in [0.3, 0.4) is 0 Å². The lowest BCUT2D eigenvalue weighted by Gasteiger charge is -2.15. The van der Waals surface area contributed by atoms with Gasteiger partial charge in [-0.3, -0.25) is 0 Å². The molecule has 0 saturated carbocycles. The van der Waals surface area contributed by atoms with E-state index in [1.54, 1.807) is 0 Å². The molecule has 2 nitrogen and oxygen atoms in total. The molecule has 294 valence electrons. The third-order valence-electron chi connectivity index (χ3n) is 11.0. The lowest BCUT2D eigenvalue weighted by atomic mass is 9.76. The highest BCUT2D eigenvalue weighted by molar-refractivity contribution is 9.11. The van der Waals surface area contributed by atoms with Gasteiger partial charge >= 0.3 is 7.12 Å². The van der Waals surface area contributed by atoms with Gasteiger partial charge in [0.25, 0.3) is 0 Å². The van der Waals surface area contributed by atoms with Crippen LogP contribution in [-0.2, 0) is 0 Å². The van der Waals surface area contributed by atoms with Crippen LogP contribution in [-0.4, -0.2) is 17.2 Å². The summed E-state index contributed by atoms with van der Waals surface area (Å²) in [6.07, 6.45) is 0. The van der Waals surface area contributed by atoms with E-state index in [1.807, 2.05) is 72.8 Å². The first-order valence-corrected chi connectivity index (χ1v) is 22.1. The first kappa shape index (κ1) is 40.9. The van der Waals surface area contributed by atoms with Crippen molar-refractivity contribution < 1.29 is 10.0 Å². The second-order valence-corrected chi connectivity index (χ2v) is 17.5. The summed E-state index contributed by atoms with van der Waals surface area (Å²) in [5.74, 6) is 0. The van der Waals surface area contributed by atoms with Gasteiger partial charge in [0.2, 0.25) is 0 Å². The molecule has 0 aliphatic carbocycles. The Morgan fingerprint density at radius 2 is 0.656 bits per heavy atom. The van der Waals surface area contributed by atoms with Crippen LogP contribution in [0, 0.1) is 0 Å². The highest BCUT2D eigenvalue weighted by Crippen LogP contribution is 2.41. The fourth-order valence-corrected chi connectivity index (χ4v) is 10.3. The van der Waals surface area contributed by atoms with E-state index in [9.17, 15) is 10.0 Å².